The summed E-state index contributed by atoms with van der Waals surface area (Å²) in [7, 11) is 0. The number of aromatic nitrogens is 1. The van der Waals surface area contributed by atoms with Crippen molar-refractivity contribution in [1.82, 2.24) is 35.7 Å². The van der Waals surface area contributed by atoms with E-state index < -0.39 is 17.7 Å². The first-order valence-corrected chi connectivity index (χ1v) is 20.0. The number of carbonyl (C=O) groups is 6. The molecule has 1 heterocycles. The van der Waals surface area contributed by atoms with Crippen molar-refractivity contribution in [2.75, 3.05) is 39.3 Å². The van der Waals surface area contributed by atoms with E-state index in [1.807, 2.05) is 0 Å². The van der Waals surface area contributed by atoms with Gasteiger partial charge in [0.15, 0.2) is 11.8 Å². The molecule has 0 unspecified atom stereocenters. The van der Waals surface area contributed by atoms with Gasteiger partial charge < -0.3 is 26.2 Å². The summed E-state index contributed by atoms with van der Waals surface area (Å²) in [4.78, 5) is 72.0. The molecule has 0 bridgehead atoms. The number of aryl methyl sites for hydroxylation is 1. The van der Waals surface area contributed by atoms with Crippen molar-refractivity contribution in [1.29, 1.82) is 0 Å². The van der Waals surface area contributed by atoms with Crippen LogP contribution in [0.4, 0.5) is 0 Å². The summed E-state index contributed by atoms with van der Waals surface area (Å²) >= 11 is 0. The van der Waals surface area contributed by atoms with Gasteiger partial charge in [-0.2, -0.15) is 0 Å². The van der Waals surface area contributed by atoms with E-state index in [0.717, 1.165) is 25.7 Å². The fraction of sp³-hybridized carbons (Fsp3) is 0.737. The number of nitrogens with zero attached hydrogens (tertiary/aromatic N) is 4. The van der Waals surface area contributed by atoms with Crippen molar-refractivity contribution in [2.24, 2.45) is 11.8 Å². The molecule has 1 aromatic heterocycles. The van der Waals surface area contributed by atoms with Crippen LogP contribution < -0.4 is 16.0 Å². The molecule has 18 nitrogen and oxygen atoms in total. The molecule has 318 valence electrons. The Balaban J connectivity index is 1.41. The van der Waals surface area contributed by atoms with Gasteiger partial charge in [-0.3, -0.25) is 49.0 Å². The zero-order valence-corrected chi connectivity index (χ0v) is 33.2. The SMILES string of the molecule is CC(=O)N(O)CCCCCNC(=O)CCC(=O)N(O)CCCCCNC(=O)CCC(=O)N(O)CCCCCNC(=O)C1CCC(Cn2c(O)cc(C)c2O)CC1. The summed E-state index contributed by atoms with van der Waals surface area (Å²) in [5.41, 5.74) is 0.631. The third-order valence-corrected chi connectivity index (χ3v) is 10.0. The summed E-state index contributed by atoms with van der Waals surface area (Å²) in [6.07, 6.45) is 8.34. The molecule has 2 rings (SSSR count). The lowest BCUT2D eigenvalue weighted by molar-refractivity contribution is -0.166. The second kappa shape index (κ2) is 26.4. The highest BCUT2D eigenvalue weighted by Gasteiger charge is 2.27. The molecule has 0 aromatic carbocycles. The first kappa shape index (κ1) is 47.7. The van der Waals surface area contributed by atoms with Gasteiger partial charge in [0.2, 0.25) is 35.4 Å². The van der Waals surface area contributed by atoms with E-state index in [1.165, 1.54) is 17.6 Å². The molecule has 18 heteroatoms. The average molecular weight is 796 g/mol. The molecule has 1 saturated carbocycles. The van der Waals surface area contributed by atoms with Crippen LogP contribution in [0.3, 0.4) is 0 Å². The van der Waals surface area contributed by atoms with Crippen LogP contribution >= 0.6 is 0 Å². The van der Waals surface area contributed by atoms with Gasteiger partial charge in [0.25, 0.3) is 0 Å². The highest BCUT2D eigenvalue weighted by atomic mass is 16.5. The van der Waals surface area contributed by atoms with E-state index in [0.29, 0.717) is 105 Å². The predicted octanol–water partition coefficient (Wildman–Crippen LogP) is 3.11. The Morgan fingerprint density at radius 2 is 1.09 bits per heavy atom. The summed E-state index contributed by atoms with van der Waals surface area (Å²) in [5.74, 6) is -1.82. The molecule has 1 aliphatic rings. The number of hydrogen-bond donors (Lipinski definition) is 8. The Morgan fingerprint density at radius 1 is 0.643 bits per heavy atom. The number of amides is 6. The minimum absolute atomic E-state index is 0.0213. The summed E-state index contributed by atoms with van der Waals surface area (Å²) in [5, 5.41) is 59.7. The maximum absolute atomic E-state index is 12.6. The fourth-order valence-electron chi connectivity index (χ4n) is 6.49. The maximum atomic E-state index is 12.6. The Labute approximate surface area is 329 Å². The third-order valence-electron chi connectivity index (χ3n) is 10.0. The van der Waals surface area contributed by atoms with Gasteiger partial charge in [-0.05, 0) is 96.3 Å². The van der Waals surface area contributed by atoms with Crippen LogP contribution in [-0.2, 0) is 35.3 Å². The van der Waals surface area contributed by atoms with Gasteiger partial charge in [-0.15, -0.1) is 0 Å². The van der Waals surface area contributed by atoms with E-state index in [1.54, 1.807) is 6.92 Å². The van der Waals surface area contributed by atoms with E-state index in [-0.39, 0.29) is 86.6 Å². The van der Waals surface area contributed by atoms with Crippen molar-refractivity contribution >= 4 is 35.4 Å². The Kier molecular flexibility index (Phi) is 22.5. The number of hydrogen-bond acceptors (Lipinski definition) is 11. The normalized spacial score (nSPS) is 15.2. The number of carbonyl (C=O) groups excluding carboxylic acids is 6. The zero-order valence-electron chi connectivity index (χ0n) is 33.2. The Hall–Kier alpha value is -4.42. The number of unbranched alkanes of at least 4 members (excludes halogenated alkanes) is 6. The summed E-state index contributed by atoms with van der Waals surface area (Å²) in [6.45, 7) is 5.22. The van der Waals surface area contributed by atoms with Crippen LogP contribution in [0.1, 0.15) is 122 Å². The lowest BCUT2D eigenvalue weighted by atomic mass is 9.81. The van der Waals surface area contributed by atoms with E-state index >= 15 is 0 Å². The molecule has 0 radical (unpaired) electrons. The van der Waals surface area contributed by atoms with Crippen molar-refractivity contribution < 1.29 is 54.6 Å². The molecule has 1 aromatic rings. The molecular weight excluding hydrogens is 730 g/mol. The number of aromatic hydroxyl groups is 2. The summed E-state index contributed by atoms with van der Waals surface area (Å²) < 4.78 is 1.52. The van der Waals surface area contributed by atoms with E-state index in [9.17, 15) is 54.6 Å². The van der Waals surface area contributed by atoms with Gasteiger partial charge in [0, 0.05) is 96.0 Å². The van der Waals surface area contributed by atoms with Gasteiger partial charge in [0.1, 0.15) is 0 Å². The van der Waals surface area contributed by atoms with Crippen LogP contribution in [-0.4, -0.2) is 120 Å². The average Bonchev–Trinajstić information content (AvgIpc) is 3.41. The number of hydroxylamine groups is 6. The van der Waals surface area contributed by atoms with Crippen LogP contribution in [0.25, 0.3) is 0 Å². The predicted molar refractivity (Wildman–Crippen MR) is 203 cm³/mol. The molecule has 1 fully saturated rings. The first-order valence-electron chi connectivity index (χ1n) is 20.0. The largest absolute Gasteiger partial charge is 0.494 e. The zero-order chi connectivity index (χ0) is 41.5. The lowest BCUT2D eigenvalue weighted by Crippen LogP contribution is -2.34. The monoisotopic (exact) mass is 795 g/mol. The van der Waals surface area contributed by atoms with E-state index in [4.69, 9.17) is 0 Å². The van der Waals surface area contributed by atoms with Crippen LogP contribution in [0.2, 0.25) is 0 Å². The van der Waals surface area contributed by atoms with E-state index in [2.05, 4.69) is 16.0 Å². The van der Waals surface area contributed by atoms with Crippen molar-refractivity contribution in [3.05, 3.63) is 11.6 Å². The van der Waals surface area contributed by atoms with Gasteiger partial charge >= 0.3 is 0 Å². The molecule has 0 saturated heterocycles. The van der Waals surface area contributed by atoms with Crippen molar-refractivity contribution in [3.8, 4) is 11.8 Å². The van der Waals surface area contributed by atoms with Crippen molar-refractivity contribution in [3.63, 3.8) is 0 Å². The number of rotatable bonds is 27. The highest BCUT2D eigenvalue weighted by molar-refractivity contribution is 5.84. The topological polar surface area (TPSA) is 254 Å². The van der Waals surface area contributed by atoms with Gasteiger partial charge in [-0.25, -0.2) is 15.2 Å². The summed E-state index contributed by atoms with van der Waals surface area (Å²) in [6, 6.07) is 1.54. The molecule has 0 spiro atoms. The first-order chi connectivity index (χ1) is 26.7. The molecular formula is C38H65N7O11. The molecule has 0 atom stereocenters. The van der Waals surface area contributed by atoms with Crippen LogP contribution in [0.5, 0.6) is 11.8 Å². The second-order valence-electron chi connectivity index (χ2n) is 14.7. The minimum Gasteiger partial charge on any atom is -0.494 e. The molecule has 8 N–H and O–H groups in total. The Morgan fingerprint density at radius 3 is 1.52 bits per heavy atom. The molecule has 6 amide bonds. The fourth-order valence-corrected chi connectivity index (χ4v) is 6.49. The molecule has 0 aliphatic heterocycles. The quantitative estimate of drug-likeness (QED) is 0.0365. The smallest absolute Gasteiger partial charge is 0.246 e. The maximum Gasteiger partial charge on any atom is 0.246 e. The Bertz CT molecular complexity index is 1400. The van der Waals surface area contributed by atoms with Crippen LogP contribution in [0.15, 0.2) is 6.07 Å². The number of nitrogens with one attached hydrogen (secondary N) is 3. The highest BCUT2D eigenvalue weighted by Crippen LogP contribution is 2.34. The van der Waals surface area contributed by atoms with Crippen LogP contribution in [0, 0.1) is 18.8 Å². The third kappa shape index (κ3) is 18.9. The molecule has 56 heavy (non-hydrogen) atoms. The van der Waals surface area contributed by atoms with Gasteiger partial charge in [-0.1, -0.05) is 0 Å². The second-order valence-corrected chi connectivity index (χ2v) is 14.7. The van der Waals surface area contributed by atoms with Gasteiger partial charge in [0.05, 0.1) is 0 Å². The lowest BCUT2D eigenvalue weighted by Gasteiger charge is -2.28. The minimum atomic E-state index is -0.566. The molecule has 1 aliphatic carbocycles. The standard InChI is InChI=1S/C38H65N7O11/c1-28-26-36(51)42(38(28)53)27-30-12-14-31(15-13-30)37(52)41-22-8-5-11-25-45(56)35(50)19-17-33(48)40-21-7-4-10-24-44(55)34(49)18-16-32(47)39-20-6-3-9-23-43(54)29(2)46/h26,30-31,51,53-56H,3-25,27H2,1-2H3,(H,39,47)(H,40,48)(H,41,52). The van der Waals surface area contributed by atoms with Crippen molar-refractivity contribution in [2.45, 2.75) is 130 Å².